The van der Waals surface area contributed by atoms with E-state index in [4.69, 9.17) is 18.9 Å². The molecular weight excluding hydrogens is 512 g/mol. The van der Waals surface area contributed by atoms with Gasteiger partial charge in [-0.15, -0.1) is 0 Å². The van der Waals surface area contributed by atoms with E-state index in [9.17, 15) is 20.4 Å². The van der Waals surface area contributed by atoms with Gasteiger partial charge in [0.05, 0.1) is 28.4 Å². The van der Waals surface area contributed by atoms with Gasteiger partial charge in [0.1, 0.15) is 23.0 Å². The molecule has 0 spiro atoms. The molecule has 8 nitrogen and oxygen atoms in total. The Morgan fingerprint density at radius 3 is 1.12 bits per heavy atom. The van der Waals surface area contributed by atoms with Gasteiger partial charge in [-0.1, -0.05) is 12.1 Å². The van der Waals surface area contributed by atoms with Gasteiger partial charge in [-0.25, -0.2) is 0 Å². The van der Waals surface area contributed by atoms with Gasteiger partial charge in [0.15, 0.2) is 23.0 Å². The first-order chi connectivity index (χ1) is 19.3. The molecule has 0 aromatic heterocycles. The molecule has 0 amide bonds. The number of hydrogen-bond donors (Lipinski definition) is 4. The van der Waals surface area contributed by atoms with Crippen LogP contribution in [-0.4, -0.2) is 48.9 Å². The molecule has 0 atom stereocenters. The maximum Gasteiger partial charge on any atom is 0.157 e. The van der Waals surface area contributed by atoms with Gasteiger partial charge in [-0.05, 0) is 96.5 Å². The van der Waals surface area contributed by atoms with Crippen molar-refractivity contribution in [3.63, 3.8) is 0 Å². The second-order valence-electron chi connectivity index (χ2n) is 9.37. The van der Waals surface area contributed by atoms with E-state index in [1.807, 2.05) is 24.3 Å². The molecule has 0 unspecified atom stereocenters. The highest BCUT2D eigenvalue weighted by atomic mass is 16.5. The van der Waals surface area contributed by atoms with E-state index in [2.05, 4.69) is 0 Å². The number of methoxy groups -OCH3 is 4. The summed E-state index contributed by atoms with van der Waals surface area (Å²) in [6, 6.07) is 17.3. The molecular formula is C32H34O8. The molecule has 0 aliphatic carbocycles. The summed E-state index contributed by atoms with van der Waals surface area (Å²) in [5, 5.41) is 38.8. The molecule has 0 fully saturated rings. The van der Waals surface area contributed by atoms with Crippen molar-refractivity contribution in [1.29, 1.82) is 0 Å². The fourth-order valence-corrected chi connectivity index (χ4v) is 4.74. The van der Waals surface area contributed by atoms with Crippen LogP contribution in [0.4, 0.5) is 0 Å². The topological polar surface area (TPSA) is 118 Å². The van der Waals surface area contributed by atoms with Crippen LogP contribution in [0, 0.1) is 0 Å². The van der Waals surface area contributed by atoms with Crippen molar-refractivity contribution in [2.75, 3.05) is 28.4 Å². The number of ether oxygens (including phenoxy) is 4. The summed E-state index contributed by atoms with van der Waals surface area (Å²) in [5.41, 5.74) is 5.16. The summed E-state index contributed by atoms with van der Waals surface area (Å²) in [6.45, 7) is 0. The summed E-state index contributed by atoms with van der Waals surface area (Å²) in [7, 11) is 6.45. The lowest BCUT2D eigenvalue weighted by molar-refractivity contribution is 0.395. The molecule has 4 rings (SSSR count). The average molecular weight is 547 g/mol. The van der Waals surface area contributed by atoms with Crippen LogP contribution in [0.25, 0.3) is 11.1 Å². The number of phenolic OH excluding ortho intramolecular Hbond substituents is 4. The normalized spacial score (nSPS) is 10.8. The fourth-order valence-electron chi connectivity index (χ4n) is 4.74. The van der Waals surface area contributed by atoms with E-state index in [1.54, 1.807) is 52.7 Å². The van der Waals surface area contributed by atoms with E-state index in [0.29, 0.717) is 48.7 Å². The molecule has 4 aromatic carbocycles. The van der Waals surface area contributed by atoms with Crippen molar-refractivity contribution in [3.8, 4) is 57.1 Å². The second-order valence-corrected chi connectivity index (χ2v) is 9.37. The SMILES string of the molecule is COc1cc(-c2cc(OC)c(CCc3ccc(O)c(O)c3)cc2OC)c(OC)cc1CCc1ccc(O)c(O)c1. The van der Waals surface area contributed by atoms with E-state index >= 15 is 0 Å². The van der Waals surface area contributed by atoms with Crippen LogP contribution < -0.4 is 18.9 Å². The van der Waals surface area contributed by atoms with Crippen LogP contribution in [0.3, 0.4) is 0 Å². The van der Waals surface area contributed by atoms with Crippen LogP contribution in [0.2, 0.25) is 0 Å². The molecule has 0 heterocycles. The molecule has 40 heavy (non-hydrogen) atoms. The van der Waals surface area contributed by atoms with Gasteiger partial charge in [0.25, 0.3) is 0 Å². The lowest BCUT2D eigenvalue weighted by Crippen LogP contribution is -2.01. The molecule has 8 heteroatoms. The molecule has 4 aromatic rings. The Labute approximate surface area is 233 Å². The third kappa shape index (κ3) is 6.12. The van der Waals surface area contributed by atoms with Crippen molar-refractivity contribution < 1.29 is 39.4 Å². The smallest absolute Gasteiger partial charge is 0.157 e. The monoisotopic (exact) mass is 546 g/mol. The van der Waals surface area contributed by atoms with Crippen LogP contribution >= 0.6 is 0 Å². The van der Waals surface area contributed by atoms with Gasteiger partial charge >= 0.3 is 0 Å². The number of phenols is 4. The second kappa shape index (κ2) is 12.4. The van der Waals surface area contributed by atoms with Crippen molar-refractivity contribution in [2.45, 2.75) is 25.7 Å². The lowest BCUT2D eigenvalue weighted by atomic mass is 9.95. The molecule has 0 bridgehead atoms. The van der Waals surface area contributed by atoms with Gasteiger partial charge < -0.3 is 39.4 Å². The zero-order valence-electron chi connectivity index (χ0n) is 23.0. The first kappa shape index (κ1) is 28.3. The van der Waals surface area contributed by atoms with Crippen molar-refractivity contribution in [1.82, 2.24) is 0 Å². The van der Waals surface area contributed by atoms with Crippen LogP contribution in [0.15, 0.2) is 60.7 Å². The quantitative estimate of drug-likeness (QED) is 0.175. The molecule has 210 valence electrons. The number of aromatic hydroxyl groups is 4. The Morgan fingerprint density at radius 1 is 0.425 bits per heavy atom. The van der Waals surface area contributed by atoms with E-state index < -0.39 is 0 Å². The van der Waals surface area contributed by atoms with Crippen LogP contribution in [0.5, 0.6) is 46.0 Å². The Bertz CT molecular complexity index is 1380. The minimum absolute atomic E-state index is 0.150. The Kier molecular flexibility index (Phi) is 8.79. The third-order valence-corrected chi connectivity index (χ3v) is 6.94. The molecule has 0 aliphatic heterocycles. The highest BCUT2D eigenvalue weighted by molar-refractivity contribution is 5.79. The van der Waals surface area contributed by atoms with Gasteiger partial charge in [0, 0.05) is 11.1 Å². The molecule has 0 radical (unpaired) electrons. The number of hydrogen-bond acceptors (Lipinski definition) is 8. The zero-order chi connectivity index (χ0) is 28.8. The van der Waals surface area contributed by atoms with Crippen molar-refractivity contribution >= 4 is 0 Å². The summed E-state index contributed by atoms with van der Waals surface area (Å²) >= 11 is 0. The maximum atomic E-state index is 9.83. The van der Waals surface area contributed by atoms with Gasteiger partial charge in [0.2, 0.25) is 0 Å². The zero-order valence-corrected chi connectivity index (χ0v) is 23.0. The average Bonchev–Trinajstić information content (AvgIpc) is 2.97. The summed E-state index contributed by atoms with van der Waals surface area (Å²) in [6.07, 6.45) is 2.49. The van der Waals surface area contributed by atoms with Gasteiger partial charge in [-0.2, -0.15) is 0 Å². The van der Waals surface area contributed by atoms with E-state index in [1.165, 1.54) is 12.1 Å². The summed E-state index contributed by atoms with van der Waals surface area (Å²) < 4.78 is 23.1. The highest BCUT2D eigenvalue weighted by Crippen LogP contribution is 2.44. The number of aryl methyl sites for hydroxylation is 4. The van der Waals surface area contributed by atoms with Crippen LogP contribution in [0.1, 0.15) is 22.3 Å². The molecule has 4 N–H and O–H groups in total. The molecule has 0 saturated heterocycles. The van der Waals surface area contributed by atoms with Crippen molar-refractivity contribution in [2.24, 2.45) is 0 Å². The number of rotatable bonds is 11. The predicted octanol–water partition coefficient (Wildman–Crippen LogP) is 5.78. The maximum absolute atomic E-state index is 9.83. The lowest BCUT2D eigenvalue weighted by Gasteiger charge is -2.19. The Balaban J connectivity index is 1.66. The Morgan fingerprint density at radius 2 is 0.800 bits per heavy atom. The summed E-state index contributed by atoms with van der Waals surface area (Å²) in [5.74, 6) is 2.03. The third-order valence-electron chi connectivity index (χ3n) is 6.94. The Hall–Kier alpha value is -4.72. The highest BCUT2D eigenvalue weighted by Gasteiger charge is 2.19. The summed E-state index contributed by atoms with van der Waals surface area (Å²) in [4.78, 5) is 0. The molecule has 0 aliphatic rings. The largest absolute Gasteiger partial charge is 0.504 e. The van der Waals surface area contributed by atoms with Crippen molar-refractivity contribution in [3.05, 3.63) is 82.9 Å². The van der Waals surface area contributed by atoms with Crippen LogP contribution in [-0.2, 0) is 25.7 Å². The van der Waals surface area contributed by atoms with E-state index in [-0.39, 0.29) is 23.0 Å². The minimum atomic E-state index is -0.151. The first-order valence-electron chi connectivity index (χ1n) is 12.8. The van der Waals surface area contributed by atoms with E-state index in [0.717, 1.165) is 33.4 Å². The first-order valence-corrected chi connectivity index (χ1v) is 12.8. The van der Waals surface area contributed by atoms with Gasteiger partial charge in [-0.3, -0.25) is 0 Å². The fraction of sp³-hybridized carbons (Fsp3) is 0.250. The predicted molar refractivity (Wildman–Crippen MR) is 152 cm³/mol. The molecule has 0 saturated carbocycles. The minimum Gasteiger partial charge on any atom is -0.504 e. The standard InChI is InChI=1S/C32H34O8/c1-37-29-17-23(31(39-3)15-21(29)9-5-19-7-11-25(33)27(35)13-19)24-18-30(38-2)22(16-32(24)40-4)10-6-20-8-12-26(34)28(36)14-20/h7-8,11-18,33-36H,5-6,9-10H2,1-4H3. The number of benzene rings is 4.